The monoisotopic (exact) mass is 208 g/mol. The third kappa shape index (κ3) is 1.77. The molecule has 5 N–H and O–H groups in total. The van der Waals surface area contributed by atoms with Gasteiger partial charge in [0.1, 0.15) is 31.3 Å². The summed E-state index contributed by atoms with van der Waals surface area (Å²) in [5.41, 5.74) is 0. The molecule has 1 saturated heterocycles. The van der Waals surface area contributed by atoms with Crippen LogP contribution in [0, 0.1) is 0 Å². The van der Waals surface area contributed by atoms with Gasteiger partial charge in [-0.3, -0.25) is 4.48 Å². The zero-order valence-corrected chi connectivity index (χ0v) is 7.95. The van der Waals surface area contributed by atoms with Crippen molar-refractivity contribution in [2.75, 3.05) is 33.0 Å². The summed E-state index contributed by atoms with van der Waals surface area (Å²) >= 11 is 0. The van der Waals surface area contributed by atoms with Crippen LogP contribution in [0.25, 0.3) is 0 Å². The number of rotatable bonds is 4. The minimum Gasteiger partial charge on any atom is -0.391 e. The summed E-state index contributed by atoms with van der Waals surface area (Å²) in [5.74, 6) is 0. The van der Waals surface area contributed by atoms with Crippen LogP contribution in [0.4, 0.5) is 0 Å². The Balaban J connectivity index is 2.83. The maximum absolute atomic E-state index is 9.53. The predicted molar refractivity (Wildman–Crippen MR) is 47.1 cm³/mol. The first-order valence-electron chi connectivity index (χ1n) is 4.66. The molecule has 0 aliphatic carbocycles. The van der Waals surface area contributed by atoms with Gasteiger partial charge in [0.15, 0.2) is 6.73 Å². The molecule has 0 saturated carbocycles. The molecule has 6 nitrogen and oxygen atoms in total. The Morgan fingerprint density at radius 1 is 1.14 bits per heavy atom. The van der Waals surface area contributed by atoms with Crippen molar-refractivity contribution in [1.82, 2.24) is 0 Å². The SMILES string of the molecule is OCC[N+]1(CO)C[C@@H](O)[C@H](O)[C@H]1CO. The van der Waals surface area contributed by atoms with Crippen LogP contribution in [0.2, 0.25) is 0 Å². The van der Waals surface area contributed by atoms with Crippen LogP contribution in [0.5, 0.6) is 0 Å². The molecule has 14 heavy (non-hydrogen) atoms. The van der Waals surface area contributed by atoms with E-state index in [0.29, 0.717) is 0 Å². The zero-order valence-electron chi connectivity index (χ0n) is 7.95. The van der Waals surface area contributed by atoms with E-state index in [-0.39, 0.29) is 37.5 Å². The summed E-state index contributed by atoms with van der Waals surface area (Å²) in [5, 5.41) is 46.1. The first-order valence-corrected chi connectivity index (χ1v) is 4.66. The van der Waals surface area contributed by atoms with Crippen LogP contribution in [0.3, 0.4) is 0 Å². The third-order valence-corrected chi connectivity index (χ3v) is 3.06. The molecule has 0 aromatic rings. The molecule has 1 aliphatic rings. The molecular weight excluding hydrogens is 190 g/mol. The van der Waals surface area contributed by atoms with Crippen LogP contribution < -0.4 is 0 Å². The molecular formula is C8H18NO5+. The van der Waals surface area contributed by atoms with Crippen molar-refractivity contribution in [1.29, 1.82) is 0 Å². The fourth-order valence-electron chi connectivity index (χ4n) is 2.17. The van der Waals surface area contributed by atoms with Crippen LogP contribution in [-0.4, -0.2) is 81.3 Å². The Morgan fingerprint density at radius 2 is 1.79 bits per heavy atom. The van der Waals surface area contributed by atoms with Gasteiger partial charge in [-0.1, -0.05) is 0 Å². The molecule has 1 rings (SSSR count). The number of aliphatic hydroxyl groups excluding tert-OH is 5. The molecule has 1 heterocycles. The molecule has 84 valence electrons. The van der Waals surface area contributed by atoms with E-state index in [1.165, 1.54) is 0 Å². The largest absolute Gasteiger partial charge is 0.391 e. The first kappa shape index (κ1) is 11.8. The van der Waals surface area contributed by atoms with Gasteiger partial charge in [-0.05, 0) is 0 Å². The Labute approximate surface area is 82.2 Å². The molecule has 0 aromatic carbocycles. The highest BCUT2D eigenvalue weighted by molar-refractivity contribution is 4.84. The lowest BCUT2D eigenvalue weighted by Crippen LogP contribution is -2.57. The minimum atomic E-state index is -1.04. The molecule has 0 aromatic heterocycles. The maximum atomic E-state index is 9.53. The second-order valence-electron chi connectivity index (χ2n) is 3.80. The summed E-state index contributed by atoms with van der Waals surface area (Å²) < 4.78 is -0.0463. The lowest BCUT2D eigenvalue weighted by molar-refractivity contribution is -0.958. The van der Waals surface area contributed by atoms with Gasteiger partial charge in [0.05, 0.1) is 13.2 Å². The minimum absolute atomic E-state index is 0.0463. The average molecular weight is 208 g/mol. The van der Waals surface area contributed by atoms with Crippen molar-refractivity contribution < 1.29 is 30.0 Å². The summed E-state index contributed by atoms with van der Waals surface area (Å²) in [4.78, 5) is 0. The normalized spacial score (nSPS) is 43.1. The molecule has 1 fully saturated rings. The fraction of sp³-hybridized carbons (Fsp3) is 1.00. The lowest BCUT2D eigenvalue weighted by atomic mass is 10.1. The van der Waals surface area contributed by atoms with E-state index < -0.39 is 18.2 Å². The van der Waals surface area contributed by atoms with E-state index in [9.17, 15) is 15.3 Å². The molecule has 0 amide bonds. The molecule has 0 bridgehead atoms. The number of likely N-dealkylation sites (tertiary alicyclic amines) is 1. The van der Waals surface area contributed by atoms with E-state index in [2.05, 4.69) is 0 Å². The fourth-order valence-corrected chi connectivity index (χ4v) is 2.17. The summed E-state index contributed by atoms with van der Waals surface area (Å²) in [7, 11) is 0. The van der Waals surface area contributed by atoms with Gasteiger partial charge in [-0.25, -0.2) is 0 Å². The van der Waals surface area contributed by atoms with Crippen molar-refractivity contribution in [3.8, 4) is 0 Å². The van der Waals surface area contributed by atoms with E-state index in [4.69, 9.17) is 10.2 Å². The van der Waals surface area contributed by atoms with Crippen LogP contribution in [0.1, 0.15) is 0 Å². The number of aliphatic hydroxyl groups is 5. The topological polar surface area (TPSA) is 101 Å². The van der Waals surface area contributed by atoms with E-state index >= 15 is 0 Å². The van der Waals surface area contributed by atoms with Gasteiger partial charge in [0.2, 0.25) is 0 Å². The number of hydrogen-bond acceptors (Lipinski definition) is 5. The van der Waals surface area contributed by atoms with Crippen LogP contribution in [-0.2, 0) is 0 Å². The van der Waals surface area contributed by atoms with Gasteiger partial charge >= 0.3 is 0 Å². The smallest absolute Gasteiger partial charge is 0.180 e. The highest BCUT2D eigenvalue weighted by Gasteiger charge is 2.52. The number of nitrogens with zero attached hydrogens (tertiary/aromatic N) is 1. The van der Waals surface area contributed by atoms with Gasteiger partial charge in [0, 0.05) is 0 Å². The van der Waals surface area contributed by atoms with Crippen molar-refractivity contribution in [2.24, 2.45) is 0 Å². The van der Waals surface area contributed by atoms with E-state index in [1.807, 2.05) is 0 Å². The Kier molecular flexibility index (Phi) is 3.82. The van der Waals surface area contributed by atoms with Crippen molar-refractivity contribution in [3.63, 3.8) is 0 Å². The number of quaternary nitrogens is 1. The maximum Gasteiger partial charge on any atom is 0.180 e. The predicted octanol–water partition coefficient (Wildman–Crippen LogP) is -3.16. The zero-order chi connectivity index (χ0) is 10.8. The highest BCUT2D eigenvalue weighted by atomic mass is 16.3. The average Bonchev–Trinajstić information content (AvgIpc) is 2.40. The van der Waals surface area contributed by atoms with Crippen molar-refractivity contribution in [2.45, 2.75) is 18.2 Å². The second kappa shape index (κ2) is 4.52. The molecule has 0 radical (unpaired) electrons. The molecule has 4 atom stereocenters. The molecule has 1 aliphatic heterocycles. The number of hydrogen-bond donors (Lipinski definition) is 5. The lowest BCUT2D eigenvalue weighted by Gasteiger charge is -2.36. The Hall–Kier alpha value is -0.240. The van der Waals surface area contributed by atoms with Gasteiger partial charge in [-0.15, -0.1) is 0 Å². The standard InChI is InChI=1S/C8H18NO5/c10-2-1-9(5-12)3-7(13)8(14)6(9)4-11/h6-8,10-14H,1-5H2/q+1/t6-,7-,8-,9?/m1/s1. The van der Waals surface area contributed by atoms with Crippen LogP contribution in [0.15, 0.2) is 0 Å². The van der Waals surface area contributed by atoms with Crippen LogP contribution >= 0.6 is 0 Å². The van der Waals surface area contributed by atoms with Gasteiger partial charge in [-0.2, -0.15) is 0 Å². The van der Waals surface area contributed by atoms with Gasteiger partial charge < -0.3 is 25.5 Å². The van der Waals surface area contributed by atoms with Gasteiger partial charge in [0.25, 0.3) is 0 Å². The Bertz CT molecular complexity index is 191. The van der Waals surface area contributed by atoms with E-state index in [1.54, 1.807) is 0 Å². The first-order chi connectivity index (χ1) is 6.61. The van der Waals surface area contributed by atoms with Crippen molar-refractivity contribution >= 4 is 0 Å². The Morgan fingerprint density at radius 3 is 2.21 bits per heavy atom. The van der Waals surface area contributed by atoms with Crippen molar-refractivity contribution in [3.05, 3.63) is 0 Å². The van der Waals surface area contributed by atoms with E-state index in [0.717, 1.165) is 0 Å². The quantitative estimate of drug-likeness (QED) is 0.314. The summed E-state index contributed by atoms with van der Waals surface area (Å²) in [6.07, 6.45) is -2.00. The molecule has 6 heteroatoms. The highest BCUT2D eigenvalue weighted by Crippen LogP contribution is 2.26. The summed E-state index contributed by atoms with van der Waals surface area (Å²) in [6.45, 7) is -0.408. The molecule has 0 spiro atoms. The second-order valence-corrected chi connectivity index (χ2v) is 3.80. The summed E-state index contributed by atoms with van der Waals surface area (Å²) in [6, 6.07) is -0.623. The third-order valence-electron chi connectivity index (χ3n) is 3.06. The molecule has 1 unspecified atom stereocenters.